The van der Waals surface area contributed by atoms with Crippen LogP contribution in [-0.4, -0.2) is 26.8 Å². The molecule has 0 bridgehead atoms. The lowest BCUT2D eigenvalue weighted by Crippen LogP contribution is -2.20. The first-order valence-corrected chi connectivity index (χ1v) is 4.01. The first-order valence-electron chi connectivity index (χ1n) is 4.01. The number of carboxylic acids is 1. The maximum absolute atomic E-state index is 10.8. The quantitative estimate of drug-likeness (QED) is 0.700. The number of nitrogens with one attached hydrogen (secondary N) is 1. The average molecular weight is 197 g/mol. The van der Waals surface area contributed by atoms with Gasteiger partial charge in [0.25, 0.3) is 0 Å². The highest BCUT2D eigenvalue weighted by Crippen LogP contribution is 2.06. The molecular weight excluding hydrogens is 186 g/mol. The third-order valence-corrected chi connectivity index (χ3v) is 1.74. The smallest absolute Gasteiger partial charge is 0.354 e. The van der Waals surface area contributed by atoms with E-state index < -0.39 is 5.97 Å². The topological polar surface area (TPSA) is 84.2 Å². The number of carboxylic acid groups (broad SMARTS) is 1. The highest BCUT2D eigenvalue weighted by Gasteiger charge is 2.15. The molecule has 0 aliphatic rings. The van der Waals surface area contributed by atoms with Crippen molar-refractivity contribution in [1.82, 2.24) is 15.1 Å². The molecule has 0 saturated carbocycles. The zero-order valence-corrected chi connectivity index (χ0v) is 7.94. The number of hydrogen-bond donors (Lipinski definition) is 2. The number of hydrogen-bond acceptors (Lipinski definition) is 3. The summed E-state index contributed by atoms with van der Waals surface area (Å²) in [6.07, 6.45) is 1.43. The monoisotopic (exact) mass is 197 g/mol. The Morgan fingerprint density at radius 2 is 2.29 bits per heavy atom. The van der Waals surface area contributed by atoms with Crippen molar-refractivity contribution in [2.75, 3.05) is 0 Å². The van der Waals surface area contributed by atoms with Gasteiger partial charge in [0.05, 0.1) is 6.20 Å². The molecule has 6 heteroatoms. The van der Waals surface area contributed by atoms with Gasteiger partial charge in [-0.15, -0.1) is 0 Å². The number of nitrogens with zero attached hydrogens (tertiary/aromatic N) is 2. The number of aromatic carboxylic acids is 1. The Bertz CT molecular complexity index is 370. The van der Waals surface area contributed by atoms with Crippen molar-refractivity contribution >= 4 is 11.9 Å². The summed E-state index contributed by atoms with van der Waals surface area (Å²) >= 11 is 0. The van der Waals surface area contributed by atoms with Crippen molar-refractivity contribution < 1.29 is 14.7 Å². The minimum Gasteiger partial charge on any atom is -0.477 e. The summed E-state index contributed by atoms with van der Waals surface area (Å²) in [6, 6.07) is 0. The molecule has 0 spiro atoms. The van der Waals surface area contributed by atoms with Gasteiger partial charge < -0.3 is 10.4 Å². The Morgan fingerprint density at radius 1 is 1.64 bits per heavy atom. The Kier molecular flexibility index (Phi) is 2.85. The molecule has 1 aromatic heterocycles. The molecule has 0 atom stereocenters. The highest BCUT2D eigenvalue weighted by atomic mass is 16.4. The third kappa shape index (κ3) is 2.09. The van der Waals surface area contributed by atoms with Crippen LogP contribution in [0.5, 0.6) is 0 Å². The van der Waals surface area contributed by atoms with E-state index in [1.54, 1.807) is 7.05 Å². The van der Waals surface area contributed by atoms with Crippen LogP contribution in [-0.2, 0) is 18.4 Å². The third-order valence-electron chi connectivity index (χ3n) is 1.74. The van der Waals surface area contributed by atoms with Crippen molar-refractivity contribution in [1.29, 1.82) is 0 Å². The van der Waals surface area contributed by atoms with Crippen LogP contribution in [0.1, 0.15) is 23.0 Å². The fraction of sp³-hybridized carbons (Fsp3) is 0.375. The van der Waals surface area contributed by atoms with Crippen LogP contribution in [0.2, 0.25) is 0 Å². The number of aryl methyl sites for hydroxylation is 1. The predicted octanol–water partition coefficient (Wildman–Crippen LogP) is -0.246. The van der Waals surface area contributed by atoms with E-state index in [1.165, 1.54) is 17.8 Å². The molecule has 0 aromatic carbocycles. The molecule has 76 valence electrons. The molecule has 0 unspecified atom stereocenters. The summed E-state index contributed by atoms with van der Waals surface area (Å²) in [5.41, 5.74) is 0.592. The van der Waals surface area contributed by atoms with Gasteiger partial charge in [-0.05, 0) is 0 Å². The summed E-state index contributed by atoms with van der Waals surface area (Å²) in [6.45, 7) is 1.56. The van der Waals surface area contributed by atoms with Crippen LogP contribution in [0.25, 0.3) is 0 Å². The maximum atomic E-state index is 10.8. The van der Waals surface area contributed by atoms with Gasteiger partial charge in [-0.3, -0.25) is 9.48 Å². The van der Waals surface area contributed by atoms with Gasteiger partial charge in [-0.2, -0.15) is 5.10 Å². The van der Waals surface area contributed by atoms with Crippen LogP contribution < -0.4 is 5.32 Å². The Labute approximate surface area is 80.5 Å². The lowest BCUT2D eigenvalue weighted by atomic mass is 10.2. The zero-order chi connectivity index (χ0) is 10.7. The second kappa shape index (κ2) is 3.91. The molecule has 0 fully saturated rings. The van der Waals surface area contributed by atoms with Crippen LogP contribution in [0.3, 0.4) is 0 Å². The lowest BCUT2D eigenvalue weighted by molar-refractivity contribution is -0.119. The van der Waals surface area contributed by atoms with Crippen LogP contribution >= 0.6 is 0 Å². The predicted molar refractivity (Wildman–Crippen MR) is 47.7 cm³/mol. The van der Waals surface area contributed by atoms with E-state index in [1.807, 2.05) is 0 Å². The average Bonchev–Trinajstić information content (AvgIpc) is 2.43. The molecule has 1 heterocycles. The number of rotatable bonds is 3. The fourth-order valence-electron chi connectivity index (χ4n) is 1.11. The lowest BCUT2D eigenvalue weighted by Gasteiger charge is -2.01. The summed E-state index contributed by atoms with van der Waals surface area (Å²) in [4.78, 5) is 21.4. The van der Waals surface area contributed by atoms with Crippen molar-refractivity contribution in [3.05, 3.63) is 17.5 Å². The van der Waals surface area contributed by atoms with E-state index in [2.05, 4.69) is 10.4 Å². The number of aromatic nitrogens is 2. The second-order valence-corrected chi connectivity index (χ2v) is 2.86. The largest absolute Gasteiger partial charge is 0.477 e. The Balaban J connectivity index is 2.86. The van der Waals surface area contributed by atoms with Crippen molar-refractivity contribution in [2.24, 2.45) is 7.05 Å². The van der Waals surface area contributed by atoms with Gasteiger partial charge in [0.2, 0.25) is 5.91 Å². The van der Waals surface area contributed by atoms with Crippen molar-refractivity contribution in [3.63, 3.8) is 0 Å². The van der Waals surface area contributed by atoms with Gasteiger partial charge in [-0.1, -0.05) is 0 Å². The molecule has 0 aliphatic heterocycles. The summed E-state index contributed by atoms with van der Waals surface area (Å²) < 4.78 is 1.26. The van der Waals surface area contributed by atoms with E-state index in [0.717, 1.165) is 0 Å². The zero-order valence-electron chi connectivity index (χ0n) is 7.94. The summed E-state index contributed by atoms with van der Waals surface area (Å²) in [5, 5.41) is 15.1. The maximum Gasteiger partial charge on any atom is 0.354 e. The molecule has 0 aliphatic carbocycles. The van der Waals surface area contributed by atoms with Gasteiger partial charge >= 0.3 is 5.97 Å². The first kappa shape index (κ1) is 10.2. The first-order chi connectivity index (χ1) is 6.52. The molecule has 2 N–H and O–H groups in total. The minimum atomic E-state index is -1.05. The number of carbonyl (C=O) groups excluding carboxylic acids is 1. The van der Waals surface area contributed by atoms with Crippen molar-refractivity contribution in [3.8, 4) is 0 Å². The van der Waals surface area contributed by atoms with Crippen LogP contribution in [0, 0.1) is 0 Å². The van der Waals surface area contributed by atoms with Gasteiger partial charge in [0.15, 0.2) is 5.69 Å². The van der Waals surface area contributed by atoms with Gasteiger partial charge in [0, 0.05) is 26.1 Å². The van der Waals surface area contributed by atoms with E-state index >= 15 is 0 Å². The minimum absolute atomic E-state index is 0.0961. The van der Waals surface area contributed by atoms with Crippen LogP contribution in [0.15, 0.2) is 6.20 Å². The molecule has 14 heavy (non-hydrogen) atoms. The molecule has 0 radical (unpaired) electrons. The highest BCUT2D eigenvalue weighted by molar-refractivity contribution is 5.87. The fourth-order valence-corrected chi connectivity index (χ4v) is 1.11. The summed E-state index contributed by atoms with van der Waals surface area (Å²) in [5.74, 6) is -1.25. The second-order valence-electron chi connectivity index (χ2n) is 2.86. The number of carbonyl (C=O) groups is 2. The number of amides is 1. The summed E-state index contributed by atoms with van der Waals surface area (Å²) in [7, 11) is 1.54. The van der Waals surface area contributed by atoms with E-state index in [-0.39, 0.29) is 18.1 Å². The van der Waals surface area contributed by atoms with Crippen molar-refractivity contribution in [2.45, 2.75) is 13.5 Å². The van der Waals surface area contributed by atoms with Gasteiger partial charge in [-0.25, -0.2) is 4.79 Å². The SMILES string of the molecule is CC(=O)NCc1cnn(C)c1C(=O)O. The molecule has 1 amide bonds. The van der Waals surface area contributed by atoms with E-state index in [0.29, 0.717) is 5.56 Å². The Hall–Kier alpha value is -1.85. The molecular formula is C8H11N3O3. The van der Waals surface area contributed by atoms with Crippen LogP contribution in [0.4, 0.5) is 0 Å². The molecule has 1 aromatic rings. The standard InChI is InChI=1S/C8H11N3O3/c1-5(12)9-3-6-4-10-11(2)7(6)8(13)14/h4H,3H2,1-2H3,(H,9,12)(H,13,14). The molecule has 0 saturated heterocycles. The van der Waals surface area contributed by atoms with E-state index in [9.17, 15) is 9.59 Å². The van der Waals surface area contributed by atoms with E-state index in [4.69, 9.17) is 5.11 Å². The van der Waals surface area contributed by atoms with Gasteiger partial charge in [0.1, 0.15) is 0 Å². The molecule has 6 nitrogen and oxygen atoms in total. The molecule has 1 rings (SSSR count). The normalized spacial score (nSPS) is 9.86. The Morgan fingerprint density at radius 3 is 2.79 bits per heavy atom.